The zero-order chi connectivity index (χ0) is 24.6. The Morgan fingerprint density at radius 1 is 0.971 bits per heavy atom. The molecule has 5 rings (SSSR count). The lowest BCUT2D eigenvalue weighted by molar-refractivity contribution is 0.102. The van der Waals surface area contributed by atoms with E-state index in [0.29, 0.717) is 16.3 Å². The van der Waals surface area contributed by atoms with Gasteiger partial charge in [-0.2, -0.15) is 0 Å². The van der Waals surface area contributed by atoms with Gasteiger partial charge in [-0.25, -0.2) is 13.2 Å². The summed E-state index contributed by atoms with van der Waals surface area (Å²) in [5.41, 5.74) is 0.990. The maximum atomic E-state index is 13.1. The molecule has 5 aromatic rings. The minimum absolute atomic E-state index is 0.0539. The maximum absolute atomic E-state index is 13.1. The predicted octanol–water partition coefficient (Wildman–Crippen LogP) is 3.88. The summed E-state index contributed by atoms with van der Waals surface area (Å²) in [6.45, 7) is 0. The molecule has 0 spiro atoms. The predicted molar refractivity (Wildman–Crippen MR) is 127 cm³/mol. The fourth-order valence-electron chi connectivity index (χ4n) is 3.32. The summed E-state index contributed by atoms with van der Waals surface area (Å²) < 4.78 is 37.9. The monoisotopic (exact) mass is 511 g/mol. The number of nitrogens with one attached hydrogen (secondary N) is 3. The van der Waals surface area contributed by atoms with Gasteiger partial charge in [0.1, 0.15) is 0 Å². The van der Waals surface area contributed by atoms with Crippen LogP contribution in [0.15, 0.2) is 85.5 Å². The van der Waals surface area contributed by atoms with E-state index in [-0.39, 0.29) is 33.1 Å². The second kappa shape index (κ2) is 8.74. The average molecular weight is 512 g/mol. The number of aromatic nitrogens is 3. The van der Waals surface area contributed by atoms with Gasteiger partial charge in [-0.15, -0.1) is 0 Å². The number of hydrogen-bond donors (Lipinski definition) is 3. The van der Waals surface area contributed by atoms with E-state index in [0.717, 1.165) is 0 Å². The SMILES string of the molecule is O=C(Nc1ccc(Cl)cc1-c1noc(=O)[nH]1)c1noc2ccc(S(=O)(=O)Nc3ccccc3)cc12. The van der Waals surface area contributed by atoms with E-state index in [9.17, 15) is 18.0 Å². The number of fused-ring (bicyclic) bond motifs is 1. The van der Waals surface area contributed by atoms with Gasteiger partial charge in [0.15, 0.2) is 17.1 Å². The summed E-state index contributed by atoms with van der Waals surface area (Å²) in [7, 11) is -3.95. The molecule has 0 bridgehead atoms. The third kappa shape index (κ3) is 4.52. The fraction of sp³-hybridized carbons (Fsp3) is 0. The van der Waals surface area contributed by atoms with E-state index in [1.54, 1.807) is 30.3 Å². The molecule has 11 nitrogen and oxygen atoms in total. The first kappa shape index (κ1) is 22.4. The van der Waals surface area contributed by atoms with Crippen molar-refractivity contribution in [1.29, 1.82) is 0 Å². The maximum Gasteiger partial charge on any atom is 0.439 e. The first-order valence-corrected chi connectivity index (χ1v) is 11.8. The highest BCUT2D eigenvalue weighted by atomic mass is 35.5. The Kier molecular flexibility index (Phi) is 5.59. The van der Waals surface area contributed by atoms with Crippen molar-refractivity contribution in [3.8, 4) is 11.4 Å². The third-order valence-corrected chi connectivity index (χ3v) is 6.53. The Labute approximate surface area is 201 Å². The second-order valence-electron chi connectivity index (χ2n) is 7.25. The topological polar surface area (TPSA) is 160 Å². The van der Waals surface area contributed by atoms with E-state index in [4.69, 9.17) is 16.1 Å². The van der Waals surface area contributed by atoms with Crippen molar-refractivity contribution in [3.63, 3.8) is 0 Å². The van der Waals surface area contributed by atoms with Gasteiger partial charge in [-0.3, -0.25) is 19.0 Å². The van der Waals surface area contributed by atoms with Gasteiger partial charge >= 0.3 is 5.76 Å². The highest BCUT2D eigenvalue weighted by Crippen LogP contribution is 2.30. The molecular formula is C22H14ClN5O6S. The smallest absolute Gasteiger partial charge is 0.355 e. The van der Waals surface area contributed by atoms with Crippen LogP contribution in [0, 0.1) is 0 Å². The Bertz CT molecular complexity index is 1730. The van der Waals surface area contributed by atoms with Crippen molar-refractivity contribution in [2.75, 3.05) is 10.0 Å². The Balaban J connectivity index is 1.48. The molecule has 2 aromatic heterocycles. The number of hydrogen-bond acceptors (Lipinski definition) is 8. The number of carbonyl (C=O) groups is 1. The molecule has 0 aliphatic carbocycles. The first-order chi connectivity index (χ1) is 16.8. The normalized spacial score (nSPS) is 11.5. The lowest BCUT2D eigenvalue weighted by Crippen LogP contribution is -2.14. The molecule has 35 heavy (non-hydrogen) atoms. The molecule has 3 N–H and O–H groups in total. The molecule has 0 saturated heterocycles. The lowest BCUT2D eigenvalue weighted by atomic mass is 10.1. The van der Waals surface area contributed by atoms with E-state index < -0.39 is 21.7 Å². The first-order valence-electron chi connectivity index (χ1n) is 9.95. The van der Waals surface area contributed by atoms with Crippen molar-refractivity contribution in [2.45, 2.75) is 4.90 Å². The number of aromatic amines is 1. The summed E-state index contributed by atoms with van der Waals surface area (Å²) in [4.78, 5) is 26.7. The molecule has 176 valence electrons. The minimum atomic E-state index is -3.95. The summed E-state index contributed by atoms with van der Waals surface area (Å²) >= 11 is 6.05. The Hall–Kier alpha value is -4.42. The van der Waals surface area contributed by atoms with Crippen LogP contribution in [0.25, 0.3) is 22.4 Å². The molecule has 0 atom stereocenters. The van der Waals surface area contributed by atoms with Crippen molar-refractivity contribution in [1.82, 2.24) is 15.3 Å². The number of rotatable bonds is 6. The third-order valence-electron chi connectivity index (χ3n) is 4.92. The Morgan fingerprint density at radius 2 is 1.77 bits per heavy atom. The van der Waals surface area contributed by atoms with Gasteiger partial charge in [0.05, 0.1) is 16.0 Å². The van der Waals surface area contributed by atoms with Gasteiger partial charge in [0.2, 0.25) is 0 Å². The molecule has 3 aromatic carbocycles. The van der Waals surface area contributed by atoms with E-state index >= 15 is 0 Å². The van der Waals surface area contributed by atoms with Crippen LogP contribution < -0.4 is 15.8 Å². The largest absolute Gasteiger partial charge is 0.439 e. The van der Waals surface area contributed by atoms with Gasteiger partial charge in [0.25, 0.3) is 15.9 Å². The minimum Gasteiger partial charge on any atom is -0.355 e. The number of nitrogens with zero attached hydrogens (tertiary/aromatic N) is 2. The lowest BCUT2D eigenvalue weighted by Gasteiger charge is -2.09. The van der Waals surface area contributed by atoms with Gasteiger partial charge < -0.3 is 9.84 Å². The number of H-pyrrole nitrogens is 1. The fourth-order valence-corrected chi connectivity index (χ4v) is 4.57. The summed E-state index contributed by atoms with van der Waals surface area (Å²) in [6, 6.07) is 16.9. The summed E-state index contributed by atoms with van der Waals surface area (Å²) in [6.07, 6.45) is 0. The molecule has 0 aliphatic heterocycles. The van der Waals surface area contributed by atoms with Crippen LogP contribution >= 0.6 is 11.6 Å². The standard InChI is InChI=1S/C22H14ClN5O6S/c23-12-6-8-17(15(10-12)20-25-22(30)34-27-20)24-21(29)19-16-11-14(7-9-18(16)33-26-19)35(31,32)28-13-4-2-1-3-5-13/h1-11,28H,(H,24,29)(H,25,27,30). The molecule has 2 heterocycles. The molecule has 0 aliphatic rings. The second-order valence-corrected chi connectivity index (χ2v) is 9.37. The van der Waals surface area contributed by atoms with Crippen LogP contribution in [0.2, 0.25) is 5.02 Å². The molecule has 0 fully saturated rings. The number of halogens is 1. The number of benzene rings is 3. The van der Waals surface area contributed by atoms with Crippen molar-refractivity contribution < 1.29 is 22.3 Å². The number of amides is 1. The molecule has 13 heteroatoms. The van der Waals surface area contributed by atoms with Gasteiger partial charge in [-0.05, 0) is 48.5 Å². The quantitative estimate of drug-likeness (QED) is 0.309. The number of para-hydroxylation sites is 1. The molecule has 1 amide bonds. The molecule has 0 saturated carbocycles. The van der Waals surface area contributed by atoms with Gasteiger partial charge in [-0.1, -0.05) is 40.1 Å². The van der Waals surface area contributed by atoms with Crippen LogP contribution in [0.3, 0.4) is 0 Å². The zero-order valence-corrected chi connectivity index (χ0v) is 19.1. The number of anilines is 2. The van der Waals surface area contributed by atoms with Crippen LogP contribution in [0.1, 0.15) is 10.5 Å². The molecule has 0 radical (unpaired) electrons. The van der Waals surface area contributed by atoms with Crippen molar-refractivity contribution >= 4 is 49.9 Å². The highest BCUT2D eigenvalue weighted by molar-refractivity contribution is 7.92. The number of carbonyl (C=O) groups excluding carboxylic acids is 1. The average Bonchev–Trinajstić information content (AvgIpc) is 3.46. The van der Waals surface area contributed by atoms with Crippen LogP contribution in [0.4, 0.5) is 11.4 Å². The van der Waals surface area contributed by atoms with Crippen molar-refractivity contribution in [2.24, 2.45) is 0 Å². The van der Waals surface area contributed by atoms with Crippen LogP contribution in [-0.2, 0) is 10.0 Å². The highest BCUT2D eigenvalue weighted by Gasteiger charge is 2.22. The molecule has 0 unspecified atom stereocenters. The zero-order valence-electron chi connectivity index (χ0n) is 17.5. The van der Waals surface area contributed by atoms with Gasteiger partial charge in [0, 0.05) is 16.3 Å². The van der Waals surface area contributed by atoms with E-state index in [1.165, 1.54) is 36.4 Å². The van der Waals surface area contributed by atoms with E-state index in [2.05, 4.69) is 29.9 Å². The van der Waals surface area contributed by atoms with Crippen LogP contribution in [0.5, 0.6) is 0 Å². The molecular weight excluding hydrogens is 498 g/mol. The number of sulfonamides is 1. The summed E-state index contributed by atoms with van der Waals surface area (Å²) in [5.74, 6) is -1.42. The summed E-state index contributed by atoms with van der Waals surface area (Å²) in [5, 5.41) is 10.6. The van der Waals surface area contributed by atoms with E-state index in [1.807, 2.05) is 0 Å². The van der Waals surface area contributed by atoms with Crippen molar-refractivity contribution in [3.05, 3.63) is 88.0 Å². The van der Waals surface area contributed by atoms with Crippen LogP contribution in [-0.4, -0.2) is 29.6 Å². The Morgan fingerprint density at radius 3 is 2.51 bits per heavy atom.